The van der Waals surface area contributed by atoms with Crippen molar-refractivity contribution in [2.75, 3.05) is 7.11 Å². The maximum atomic E-state index is 12.5. The summed E-state index contributed by atoms with van der Waals surface area (Å²) in [6.45, 7) is 0.120. The highest BCUT2D eigenvalue weighted by atomic mass is 19.4. The normalized spacial score (nSPS) is 23.7. The van der Waals surface area contributed by atoms with E-state index in [1.54, 1.807) is 0 Å². The van der Waals surface area contributed by atoms with E-state index < -0.39 is 24.0 Å². The Labute approximate surface area is 106 Å². The van der Waals surface area contributed by atoms with E-state index in [1.165, 1.54) is 7.11 Å². The van der Waals surface area contributed by atoms with Crippen LogP contribution in [0.15, 0.2) is 4.42 Å². The third-order valence-electron chi connectivity index (χ3n) is 2.80. The minimum atomic E-state index is -4.43. The average molecular weight is 279 g/mol. The fourth-order valence-electron chi connectivity index (χ4n) is 1.89. The molecule has 6 nitrogen and oxygen atoms in total. The van der Waals surface area contributed by atoms with E-state index >= 15 is 0 Å². The van der Waals surface area contributed by atoms with Crippen LogP contribution in [0.25, 0.3) is 0 Å². The van der Waals surface area contributed by atoms with Crippen LogP contribution in [0.3, 0.4) is 0 Å². The van der Waals surface area contributed by atoms with Gasteiger partial charge in [-0.15, -0.1) is 10.2 Å². The van der Waals surface area contributed by atoms with Crippen LogP contribution in [0.2, 0.25) is 0 Å². The van der Waals surface area contributed by atoms with Crippen molar-refractivity contribution < 1.29 is 27.1 Å². The largest absolute Gasteiger partial charge is 0.423 e. The van der Waals surface area contributed by atoms with Crippen LogP contribution in [0.1, 0.15) is 18.2 Å². The fraction of sp³-hybridized carbons (Fsp3) is 0.700. The van der Waals surface area contributed by atoms with Gasteiger partial charge in [-0.2, -0.15) is 13.2 Å². The van der Waals surface area contributed by atoms with Crippen molar-refractivity contribution in [3.63, 3.8) is 0 Å². The zero-order chi connectivity index (χ0) is 14.0. The van der Waals surface area contributed by atoms with E-state index in [9.17, 15) is 18.0 Å². The van der Waals surface area contributed by atoms with Gasteiger partial charge in [-0.05, 0) is 6.42 Å². The van der Waals surface area contributed by atoms with E-state index in [1.807, 2.05) is 5.32 Å². The molecule has 0 saturated carbocycles. The number of carbonyl (C=O) groups excluding carboxylic acids is 1. The molecule has 1 saturated heterocycles. The molecular formula is C10H12F3N3O3. The number of aromatic nitrogens is 2. The maximum Gasteiger partial charge on any atom is 0.408 e. The molecule has 2 unspecified atom stereocenters. The summed E-state index contributed by atoms with van der Waals surface area (Å²) in [5.74, 6) is -1.09. The number of carbonyl (C=O) groups is 1. The van der Waals surface area contributed by atoms with Crippen molar-refractivity contribution in [2.24, 2.45) is 5.92 Å². The van der Waals surface area contributed by atoms with Gasteiger partial charge in [-0.3, -0.25) is 4.79 Å². The van der Waals surface area contributed by atoms with Crippen molar-refractivity contribution in [3.05, 3.63) is 11.8 Å². The molecule has 0 aromatic carbocycles. The molecule has 0 bridgehead atoms. The highest BCUT2D eigenvalue weighted by Gasteiger charge is 2.48. The molecule has 0 aliphatic carbocycles. The Morgan fingerprint density at radius 2 is 2.11 bits per heavy atom. The molecule has 0 radical (unpaired) electrons. The quantitative estimate of drug-likeness (QED) is 0.883. The SMILES string of the molecule is COCc1nnc(CC2CC(C(F)(F)F)NC2=O)o1. The second-order valence-corrected chi connectivity index (χ2v) is 4.26. The third kappa shape index (κ3) is 3.22. The van der Waals surface area contributed by atoms with Gasteiger partial charge in [0.05, 0.1) is 0 Å². The van der Waals surface area contributed by atoms with Crippen LogP contribution in [0.4, 0.5) is 13.2 Å². The molecule has 9 heteroatoms. The van der Waals surface area contributed by atoms with Gasteiger partial charge < -0.3 is 14.5 Å². The first-order valence-corrected chi connectivity index (χ1v) is 5.57. The van der Waals surface area contributed by atoms with Crippen LogP contribution in [0.5, 0.6) is 0 Å². The molecule has 106 valence electrons. The number of ether oxygens (including phenoxy) is 1. The van der Waals surface area contributed by atoms with E-state index in [0.29, 0.717) is 0 Å². The third-order valence-corrected chi connectivity index (χ3v) is 2.80. The Hall–Kier alpha value is -1.64. The molecule has 1 aliphatic heterocycles. The monoisotopic (exact) mass is 279 g/mol. The second kappa shape index (κ2) is 5.16. The van der Waals surface area contributed by atoms with Crippen LogP contribution in [-0.2, 0) is 22.6 Å². The van der Waals surface area contributed by atoms with Gasteiger partial charge >= 0.3 is 6.18 Å². The number of rotatable bonds is 4. The smallest absolute Gasteiger partial charge is 0.408 e. The molecule has 0 spiro atoms. The summed E-state index contributed by atoms with van der Waals surface area (Å²) >= 11 is 0. The molecule has 2 heterocycles. The van der Waals surface area contributed by atoms with Gasteiger partial charge in [0.2, 0.25) is 17.7 Å². The van der Waals surface area contributed by atoms with Gasteiger partial charge in [0.15, 0.2) is 0 Å². The number of amides is 1. The lowest BCUT2D eigenvalue weighted by Gasteiger charge is -2.13. The maximum absolute atomic E-state index is 12.5. The van der Waals surface area contributed by atoms with Gasteiger partial charge in [-0.25, -0.2) is 0 Å². The Morgan fingerprint density at radius 3 is 2.68 bits per heavy atom. The van der Waals surface area contributed by atoms with Crippen molar-refractivity contribution in [1.29, 1.82) is 0 Å². The minimum absolute atomic E-state index is 0.00483. The number of nitrogens with zero attached hydrogens (tertiary/aromatic N) is 2. The van der Waals surface area contributed by atoms with E-state index in [2.05, 4.69) is 10.2 Å². The summed E-state index contributed by atoms with van der Waals surface area (Å²) < 4.78 is 47.3. The molecule has 1 fully saturated rings. The second-order valence-electron chi connectivity index (χ2n) is 4.26. The number of hydrogen-bond acceptors (Lipinski definition) is 5. The van der Waals surface area contributed by atoms with Crippen molar-refractivity contribution in [1.82, 2.24) is 15.5 Å². The Bertz CT molecular complexity index is 460. The molecule has 2 rings (SSSR count). The summed E-state index contributed by atoms with van der Waals surface area (Å²) in [6.07, 6.45) is -4.75. The molecule has 1 aliphatic rings. The zero-order valence-corrected chi connectivity index (χ0v) is 10.0. The summed E-state index contributed by atoms with van der Waals surface area (Å²) in [5.41, 5.74) is 0. The average Bonchev–Trinajstić information content (AvgIpc) is 2.87. The zero-order valence-electron chi connectivity index (χ0n) is 10.0. The number of halogens is 3. The highest BCUT2D eigenvalue weighted by Crippen LogP contribution is 2.30. The number of nitrogens with one attached hydrogen (secondary N) is 1. The Balaban J connectivity index is 1.97. The fourth-order valence-corrected chi connectivity index (χ4v) is 1.89. The van der Waals surface area contributed by atoms with Gasteiger partial charge in [0, 0.05) is 19.4 Å². The van der Waals surface area contributed by atoms with E-state index in [4.69, 9.17) is 9.15 Å². The molecule has 2 atom stereocenters. The predicted octanol–water partition coefficient (Wildman–Crippen LogP) is 0.826. The van der Waals surface area contributed by atoms with Gasteiger partial charge in [0.1, 0.15) is 12.6 Å². The van der Waals surface area contributed by atoms with Crippen LogP contribution in [-0.4, -0.2) is 35.4 Å². The van der Waals surface area contributed by atoms with E-state index in [0.717, 1.165) is 0 Å². The van der Waals surface area contributed by atoms with Crippen molar-refractivity contribution in [3.8, 4) is 0 Å². The van der Waals surface area contributed by atoms with Crippen molar-refractivity contribution in [2.45, 2.75) is 31.7 Å². The van der Waals surface area contributed by atoms with Crippen molar-refractivity contribution >= 4 is 5.91 Å². The highest BCUT2D eigenvalue weighted by molar-refractivity contribution is 5.81. The Morgan fingerprint density at radius 1 is 1.42 bits per heavy atom. The molecular weight excluding hydrogens is 267 g/mol. The lowest BCUT2D eigenvalue weighted by Crippen LogP contribution is -2.38. The molecule has 1 amide bonds. The number of methoxy groups -OCH3 is 1. The topological polar surface area (TPSA) is 77.3 Å². The first-order valence-electron chi connectivity index (χ1n) is 5.57. The molecule has 19 heavy (non-hydrogen) atoms. The predicted molar refractivity (Wildman–Crippen MR) is 54.8 cm³/mol. The van der Waals surface area contributed by atoms with Gasteiger partial charge in [-0.1, -0.05) is 0 Å². The summed E-state index contributed by atoms with van der Waals surface area (Å²) in [6, 6.07) is -1.80. The molecule has 1 aromatic rings. The Kier molecular flexibility index (Phi) is 3.74. The lowest BCUT2D eigenvalue weighted by atomic mass is 10.0. The molecule has 1 N–H and O–H groups in total. The van der Waals surface area contributed by atoms with Crippen LogP contribution < -0.4 is 5.32 Å². The standard InChI is InChI=1S/C10H12F3N3O3/c1-18-4-8-16-15-7(19-8)3-5-2-6(10(11,12)13)14-9(5)17/h5-6H,2-4H2,1H3,(H,14,17). The molecule has 1 aromatic heterocycles. The van der Waals surface area contributed by atoms with Crippen LogP contribution >= 0.6 is 0 Å². The number of hydrogen-bond donors (Lipinski definition) is 1. The summed E-state index contributed by atoms with van der Waals surface area (Å²) in [5, 5.41) is 9.22. The van der Waals surface area contributed by atoms with E-state index in [-0.39, 0.29) is 31.2 Å². The first-order chi connectivity index (χ1) is 8.90. The van der Waals surface area contributed by atoms with Crippen LogP contribution in [0, 0.1) is 5.92 Å². The lowest BCUT2D eigenvalue weighted by molar-refractivity contribution is -0.154. The summed E-state index contributed by atoms with van der Waals surface area (Å²) in [4.78, 5) is 11.4. The summed E-state index contributed by atoms with van der Waals surface area (Å²) in [7, 11) is 1.45. The van der Waals surface area contributed by atoms with Gasteiger partial charge in [0.25, 0.3) is 0 Å². The number of alkyl halides is 3. The minimum Gasteiger partial charge on any atom is -0.423 e. The first kappa shape index (κ1) is 13.8.